The second kappa shape index (κ2) is 17.3. The van der Waals surface area contributed by atoms with Gasteiger partial charge in [0.25, 0.3) is 0 Å². The van der Waals surface area contributed by atoms with Crippen molar-refractivity contribution < 1.29 is 84.3 Å². The second-order valence-corrected chi connectivity index (χ2v) is 11.3. The standard InChI is InChI=1S/C26H48N2O17/c1-2-3-4-5-14(31)28-6-7-40-25-26(27,39)22(45-24-21(38)19(36)16(33)12(9-30)43-24)17(34)13(44-25)10-41-23-20(37)18(35)15(32)11(8-29)42-23/h11-13,15-25,29-30,32-39H,2-10,27H2,1H3,(H,28,31)/t11-,12-,13-,15-,16-,17-,18+,19+,20+,21+,22+,23+,24-,25-,26-/m1/s1. The molecule has 45 heavy (non-hydrogen) atoms. The fourth-order valence-corrected chi connectivity index (χ4v) is 5.15. The molecule has 15 atom stereocenters. The fraction of sp³-hybridized carbons (Fsp3) is 0.962. The van der Waals surface area contributed by atoms with Crippen LogP contribution in [0.4, 0.5) is 0 Å². The van der Waals surface area contributed by atoms with Crippen LogP contribution in [0.25, 0.3) is 0 Å². The lowest BCUT2D eigenvalue weighted by Crippen LogP contribution is -2.74. The maximum atomic E-state index is 12.0. The van der Waals surface area contributed by atoms with Gasteiger partial charge in [0.2, 0.25) is 12.2 Å². The molecule has 0 aliphatic carbocycles. The normalized spacial score (nSPS) is 44.1. The van der Waals surface area contributed by atoms with Gasteiger partial charge in [-0.15, -0.1) is 0 Å². The molecule has 3 heterocycles. The molecule has 0 aromatic rings. The second-order valence-electron chi connectivity index (χ2n) is 11.3. The van der Waals surface area contributed by atoms with Crippen molar-refractivity contribution in [3.63, 3.8) is 0 Å². The van der Waals surface area contributed by atoms with Gasteiger partial charge in [-0.2, -0.15) is 0 Å². The van der Waals surface area contributed by atoms with E-state index in [1.54, 1.807) is 0 Å². The quantitative estimate of drug-likeness (QED) is 0.0574. The number of rotatable bonds is 15. The summed E-state index contributed by atoms with van der Waals surface area (Å²) in [6.07, 6.45) is -21.2. The number of hydrogen-bond acceptors (Lipinski definition) is 18. The summed E-state index contributed by atoms with van der Waals surface area (Å²) in [4.78, 5) is 12.0. The molecular weight excluding hydrogens is 612 g/mol. The first kappa shape index (κ1) is 38.2. The summed E-state index contributed by atoms with van der Waals surface area (Å²) in [5.41, 5.74) is 3.41. The summed E-state index contributed by atoms with van der Waals surface area (Å²) >= 11 is 0. The molecule has 0 saturated carbocycles. The van der Waals surface area contributed by atoms with Gasteiger partial charge < -0.3 is 84.8 Å². The summed E-state index contributed by atoms with van der Waals surface area (Å²) < 4.78 is 33.0. The lowest BCUT2D eigenvalue weighted by molar-refractivity contribution is -0.388. The van der Waals surface area contributed by atoms with Crippen molar-refractivity contribution >= 4 is 5.91 Å². The molecule has 0 aromatic heterocycles. The third kappa shape index (κ3) is 9.24. The molecule has 264 valence electrons. The van der Waals surface area contributed by atoms with Crippen LogP contribution in [-0.4, -0.2) is 182 Å². The van der Waals surface area contributed by atoms with Crippen LogP contribution in [0.2, 0.25) is 0 Å². The number of nitrogens with one attached hydrogen (secondary N) is 1. The molecule has 19 heteroatoms. The Bertz CT molecular complexity index is 900. The summed E-state index contributed by atoms with van der Waals surface area (Å²) in [5.74, 6) is -0.232. The number of nitrogens with two attached hydrogens (primary N) is 1. The minimum absolute atomic E-state index is 0.0201. The highest BCUT2D eigenvalue weighted by molar-refractivity contribution is 5.75. The van der Waals surface area contributed by atoms with E-state index in [4.69, 9.17) is 34.2 Å². The maximum Gasteiger partial charge on any atom is 0.220 e. The van der Waals surface area contributed by atoms with Crippen molar-refractivity contribution in [1.82, 2.24) is 5.32 Å². The van der Waals surface area contributed by atoms with Gasteiger partial charge >= 0.3 is 0 Å². The zero-order valence-electron chi connectivity index (χ0n) is 24.9. The van der Waals surface area contributed by atoms with Crippen LogP contribution >= 0.6 is 0 Å². The Balaban J connectivity index is 1.75. The Morgan fingerprint density at radius 1 is 0.778 bits per heavy atom. The predicted molar refractivity (Wildman–Crippen MR) is 145 cm³/mol. The summed E-state index contributed by atoms with van der Waals surface area (Å²) in [7, 11) is 0. The molecule has 0 radical (unpaired) electrons. The number of aliphatic hydroxyl groups excluding tert-OH is 9. The zero-order valence-corrected chi connectivity index (χ0v) is 24.9. The number of ether oxygens (including phenoxy) is 6. The number of unbranched alkanes of at least 4 members (excludes halogenated alkanes) is 2. The molecular formula is C26H48N2O17. The molecule has 0 bridgehead atoms. The molecule has 0 unspecified atom stereocenters. The van der Waals surface area contributed by atoms with Crippen molar-refractivity contribution in [2.24, 2.45) is 5.73 Å². The highest BCUT2D eigenvalue weighted by Gasteiger charge is 2.58. The highest BCUT2D eigenvalue weighted by Crippen LogP contribution is 2.34. The Labute approximate surface area is 259 Å². The van der Waals surface area contributed by atoms with Crippen molar-refractivity contribution in [3.8, 4) is 0 Å². The predicted octanol–water partition coefficient (Wildman–Crippen LogP) is -6.57. The van der Waals surface area contributed by atoms with Crippen LogP contribution < -0.4 is 11.1 Å². The van der Waals surface area contributed by atoms with Crippen LogP contribution in [0.5, 0.6) is 0 Å². The molecule has 19 nitrogen and oxygen atoms in total. The van der Waals surface area contributed by atoms with Crippen LogP contribution in [-0.2, 0) is 33.2 Å². The lowest BCUT2D eigenvalue weighted by atomic mass is 9.93. The minimum Gasteiger partial charge on any atom is -0.394 e. The highest BCUT2D eigenvalue weighted by atomic mass is 16.8. The third-order valence-corrected chi connectivity index (χ3v) is 7.93. The van der Waals surface area contributed by atoms with E-state index in [1.807, 2.05) is 6.92 Å². The number of hydrogen-bond donors (Lipinski definition) is 12. The Morgan fingerprint density at radius 2 is 1.36 bits per heavy atom. The van der Waals surface area contributed by atoms with Gasteiger partial charge in [0.05, 0.1) is 26.4 Å². The lowest BCUT2D eigenvalue weighted by Gasteiger charge is -2.50. The molecule has 3 aliphatic heterocycles. The summed E-state index contributed by atoms with van der Waals surface area (Å²) in [6, 6.07) is 0. The molecule has 0 aromatic carbocycles. The molecule has 3 fully saturated rings. The van der Waals surface area contributed by atoms with Crippen molar-refractivity contribution in [2.75, 3.05) is 33.0 Å². The van der Waals surface area contributed by atoms with Gasteiger partial charge in [0.1, 0.15) is 67.1 Å². The summed E-state index contributed by atoms with van der Waals surface area (Å²) in [6.45, 7) is -0.437. The van der Waals surface area contributed by atoms with Gasteiger partial charge in [-0.25, -0.2) is 0 Å². The van der Waals surface area contributed by atoms with Crippen molar-refractivity contribution in [3.05, 3.63) is 0 Å². The minimum atomic E-state index is -2.69. The molecule has 3 aliphatic rings. The monoisotopic (exact) mass is 660 g/mol. The van der Waals surface area contributed by atoms with E-state index in [1.165, 1.54) is 0 Å². The topological polar surface area (TPSA) is 313 Å². The van der Waals surface area contributed by atoms with E-state index in [-0.39, 0.29) is 19.1 Å². The first-order valence-electron chi connectivity index (χ1n) is 14.9. The zero-order chi connectivity index (χ0) is 33.5. The fourth-order valence-electron chi connectivity index (χ4n) is 5.15. The van der Waals surface area contributed by atoms with E-state index in [9.17, 15) is 55.9 Å². The molecule has 3 rings (SSSR count). The van der Waals surface area contributed by atoms with Gasteiger partial charge in [0.15, 0.2) is 18.3 Å². The van der Waals surface area contributed by atoms with E-state index >= 15 is 0 Å². The van der Waals surface area contributed by atoms with Gasteiger partial charge in [-0.1, -0.05) is 19.8 Å². The molecule has 3 saturated heterocycles. The smallest absolute Gasteiger partial charge is 0.220 e. The first-order valence-corrected chi connectivity index (χ1v) is 14.9. The first-order chi connectivity index (χ1) is 21.3. The van der Waals surface area contributed by atoms with Gasteiger partial charge in [0, 0.05) is 13.0 Å². The van der Waals surface area contributed by atoms with Gasteiger partial charge in [-0.05, 0) is 6.42 Å². The Hall–Kier alpha value is -1.21. The summed E-state index contributed by atoms with van der Waals surface area (Å²) in [5, 5.41) is 105. The van der Waals surface area contributed by atoms with Crippen LogP contribution in [0.3, 0.4) is 0 Å². The maximum absolute atomic E-state index is 12.0. The van der Waals surface area contributed by atoms with Crippen LogP contribution in [0.1, 0.15) is 32.6 Å². The van der Waals surface area contributed by atoms with E-state index in [0.717, 1.165) is 12.8 Å². The molecule has 1 amide bonds. The van der Waals surface area contributed by atoms with Crippen LogP contribution in [0.15, 0.2) is 0 Å². The third-order valence-electron chi connectivity index (χ3n) is 7.93. The molecule has 0 spiro atoms. The van der Waals surface area contributed by atoms with Crippen LogP contribution in [0, 0.1) is 0 Å². The SMILES string of the molecule is CCCCCC(=O)NCCO[C@@H]1O[C@H](CO[C@H]2O[C@H](CO)[C@@H](O)[C@H](O)[C@@H]2O)[C@@H](O)[C@H](O[C@H]2O[C@H](CO)[C@@H](O)[C@H](O)[C@@H]2O)[C@@]1(N)O. The Morgan fingerprint density at radius 3 is 1.93 bits per heavy atom. The number of carbonyl (C=O) groups excluding carboxylic acids is 1. The van der Waals surface area contributed by atoms with Crippen molar-refractivity contribution in [2.45, 2.75) is 124 Å². The average molecular weight is 661 g/mol. The largest absolute Gasteiger partial charge is 0.394 e. The Kier molecular flexibility index (Phi) is 14.7. The van der Waals surface area contributed by atoms with E-state index in [0.29, 0.717) is 12.8 Å². The number of amides is 1. The molecule has 13 N–H and O–H groups in total. The van der Waals surface area contributed by atoms with E-state index < -0.39 is 112 Å². The number of aliphatic hydroxyl groups is 10. The van der Waals surface area contributed by atoms with E-state index in [2.05, 4.69) is 5.32 Å². The van der Waals surface area contributed by atoms with Gasteiger partial charge in [-0.3, -0.25) is 10.5 Å². The average Bonchev–Trinajstić information content (AvgIpc) is 3.01. The van der Waals surface area contributed by atoms with Crippen molar-refractivity contribution in [1.29, 1.82) is 0 Å². The number of carbonyl (C=O) groups is 1.